The third-order valence-corrected chi connectivity index (χ3v) is 9.20. The molecule has 45 heavy (non-hydrogen) atoms. The molecule has 0 aliphatic carbocycles. The molecule has 25 heteroatoms. The first-order chi connectivity index (χ1) is 21.3. The van der Waals surface area contributed by atoms with Gasteiger partial charge in [0.15, 0.2) is 47.4 Å². The maximum absolute atomic E-state index is 15.9. The van der Waals surface area contributed by atoms with E-state index in [4.69, 9.17) is 39.0 Å². The van der Waals surface area contributed by atoms with E-state index in [0.717, 1.165) is 28.1 Å². The molecule has 0 saturated carbocycles. The van der Waals surface area contributed by atoms with Gasteiger partial charge in [-0.1, -0.05) is 0 Å². The molecule has 4 aromatic rings. The Labute approximate surface area is 247 Å². The van der Waals surface area contributed by atoms with E-state index in [9.17, 15) is 23.7 Å². The van der Waals surface area contributed by atoms with Crippen LogP contribution in [0.1, 0.15) is 12.5 Å². The number of aromatic nitrogens is 8. The van der Waals surface area contributed by atoms with Crippen LogP contribution in [0.5, 0.6) is 0 Å². The highest BCUT2D eigenvalue weighted by molar-refractivity contribution is 7.47. The zero-order valence-corrected chi connectivity index (χ0v) is 24.1. The van der Waals surface area contributed by atoms with Crippen LogP contribution in [0, 0.1) is 0 Å². The Morgan fingerprint density at radius 2 is 1.38 bits per heavy atom. The molecule has 3 aliphatic heterocycles. The molecule has 242 valence electrons. The minimum atomic E-state index is -5.18. The number of H-pyrrole nitrogens is 1. The highest BCUT2D eigenvalue weighted by atomic mass is 31.2. The molecule has 21 nitrogen and oxygen atoms in total. The largest absolute Gasteiger partial charge is 0.472 e. The fourth-order valence-electron chi connectivity index (χ4n) is 5.25. The summed E-state index contributed by atoms with van der Waals surface area (Å²) in [5.74, 6) is -0.332. The maximum Gasteiger partial charge on any atom is 0.472 e. The van der Waals surface area contributed by atoms with Crippen LogP contribution in [-0.4, -0.2) is 98.8 Å². The Hall–Kier alpha value is -3.50. The lowest BCUT2D eigenvalue weighted by atomic mass is 10.1. The molecule has 7 rings (SSSR count). The monoisotopic (exact) mass is 678 g/mol. The molecular formula is C20H22F2N10O11P2. The number of aromatic amines is 1. The van der Waals surface area contributed by atoms with Gasteiger partial charge in [-0.2, -0.15) is 4.98 Å². The average molecular weight is 678 g/mol. The Bertz CT molecular complexity index is 1940. The highest BCUT2D eigenvalue weighted by Gasteiger charge is 2.55. The summed E-state index contributed by atoms with van der Waals surface area (Å²) in [5, 5.41) is 0. The molecule has 7 N–H and O–H groups in total. The van der Waals surface area contributed by atoms with E-state index in [2.05, 4.69) is 29.9 Å². The Morgan fingerprint density at radius 1 is 0.844 bits per heavy atom. The van der Waals surface area contributed by atoms with Crippen molar-refractivity contribution >= 4 is 49.7 Å². The molecule has 3 fully saturated rings. The Morgan fingerprint density at radius 3 is 1.96 bits per heavy atom. The summed E-state index contributed by atoms with van der Waals surface area (Å²) < 4.78 is 91.3. The van der Waals surface area contributed by atoms with E-state index >= 15 is 8.78 Å². The number of alkyl halides is 2. The zero-order valence-electron chi connectivity index (χ0n) is 22.3. The van der Waals surface area contributed by atoms with E-state index in [1.807, 2.05) is 0 Å². The number of fused-ring (bicyclic) bond motifs is 4. The van der Waals surface area contributed by atoms with Crippen LogP contribution in [0.3, 0.4) is 0 Å². The van der Waals surface area contributed by atoms with Crippen molar-refractivity contribution < 1.29 is 55.3 Å². The first-order valence-electron chi connectivity index (χ1n) is 12.9. The Kier molecular flexibility index (Phi) is 7.24. The minimum Gasteiger partial charge on any atom is -0.382 e. The average Bonchev–Trinajstić information content (AvgIpc) is 3.72. The second kappa shape index (κ2) is 10.8. The normalized spacial score (nSPS) is 37.7. The molecule has 4 aromatic heterocycles. The van der Waals surface area contributed by atoms with Crippen LogP contribution < -0.4 is 17.0 Å². The number of rotatable bonds is 2. The summed E-state index contributed by atoms with van der Waals surface area (Å²) in [6.07, 6.45) is -11.7. The minimum absolute atomic E-state index is 0.0127. The molecule has 0 aromatic carbocycles. The smallest absolute Gasteiger partial charge is 0.382 e. The van der Waals surface area contributed by atoms with E-state index < -0.39 is 83.6 Å². The van der Waals surface area contributed by atoms with Crippen molar-refractivity contribution in [2.24, 2.45) is 0 Å². The molecule has 10 atom stereocenters. The van der Waals surface area contributed by atoms with Gasteiger partial charge >= 0.3 is 15.6 Å². The molecule has 3 saturated heterocycles. The number of halogens is 2. The van der Waals surface area contributed by atoms with Crippen LogP contribution in [0.2, 0.25) is 0 Å². The van der Waals surface area contributed by atoms with Crippen LogP contribution in [0.4, 0.5) is 20.5 Å². The lowest BCUT2D eigenvalue weighted by Crippen LogP contribution is -2.37. The van der Waals surface area contributed by atoms with Gasteiger partial charge in [0.2, 0.25) is 5.95 Å². The van der Waals surface area contributed by atoms with Crippen LogP contribution in [-0.2, 0) is 36.7 Å². The maximum atomic E-state index is 15.9. The summed E-state index contributed by atoms with van der Waals surface area (Å²) in [6, 6.07) is 0. The first kappa shape index (κ1) is 30.2. The van der Waals surface area contributed by atoms with Crippen molar-refractivity contribution in [1.82, 2.24) is 39.0 Å². The van der Waals surface area contributed by atoms with E-state index in [1.54, 1.807) is 0 Å². The van der Waals surface area contributed by atoms with Gasteiger partial charge in [-0.25, -0.2) is 37.8 Å². The number of hydrogen-bond donors (Lipinski definition) is 5. The first-order valence-corrected chi connectivity index (χ1v) is 15.9. The lowest BCUT2D eigenvalue weighted by Gasteiger charge is -2.27. The summed E-state index contributed by atoms with van der Waals surface area (Å²) in [4.78, 5) is 55.0. The lowest BCUT2D eigenvalue weighted by molar-refractivity contribution is -0.0662. The summed E-state index contributed by atoms with van der Waals surface area (Å²) >= 11 is 0. The van der Waals surface area contributed by atoms with Gasteiger partial charge < -0.3 is 30.7 Å². The van der Waals surface area contributed by atoms with E-state index in [1.165, 1.54) is 0 Å². The topological polar surface area (TPSA) is 289 Å². The predicted octanol–water partition coefficient (Wildman–Crippen LogP) is -0.387. The molecule has 0 bridgehead atoms. The summed E-state index contributed by atoms with van der Waals surface area (Å²) in [7, 11) is -10.3. The second-order valence-electron chi connectivity index (χ2n) is 10.0. The van der Waals surface area contributed by atoms with Crippen molar-refractivity contribution in [2.45, 2.75) is 49.2 Å². The number of nitrogens with two attached hydrogens (primary N) is 2. The van der Waals surface area contributed by atoms with Gasteiger partial charge in [-0.15, -0.1) is 0 Å². The molecular weight excluding hydrogens is 656 g/mol. The molecule has 0 radical (unpaired) electrons. The quantitative estimate of drug-likeness (QED) is 0.169. The molecule has 2 unspecified atom stereocenters. The van der Waals surface area contributed by atoms with Gasteiger partial charge in [-0.3, -0.25) is 37.0 Å². The highest BCUT2D eigenvalue weighted by Crippen LogP contribution is 2.54. The number of phosphoric ester groups is 2. The van der Waals surface area contributed by atoms with Gasteiger partial charge in [0.25, 0.3) is 5.56 Å². The fraction of sp³-hybridized carbons (Fsp3) is 0.500. The number of nitrogens with one attached hydrogen (secondary N) is 1. The number of anilines is 2. The van der Waals surface area contributed by atoms with Crippen molar-refractivity contribution in [3.05, 3.63) is 29.3 Å². The molecule has 0 spiro atoms. The Balaban J connectivity index is 1.17. The number of nitrogen functional groups attached to an aromatic ring is 2. The second-order valence-corrected chi connectivity index (χ2v) is 12.9. The SMILES string of the molecule is Nc1nc2c(ncn2[C@@H]2O[C@@H]3COP(=O)(O)O[C@H]4[C@@H](F)[C@H](n5cnc6c(N)ncnc65)O[C@@H]4COP(=O)(O)O[C@H]3[C@H]2F)c(=O)[nH]1. The van der Waals surface area contributed by atoms with Crippen molar-refractivity contribution in [3.63, 3.8) is 0 Å². The number of phosphoric acid groups is 2. The third kappa shape index (κ3) is 5.29. The predicted molar refractivity (Wildman–Crippen MR) is 141 cm³/mol. The van der Waals surface area contributed by atoms with Gasteiger partial charge in [0, 0.05) is 0 Å². The standard InChI is InChI=1S/C20H22F2N10O11P2/c21-8-12-6(40-18(8)31-4-27-10-14(23)25-3-26-15(10)31)1-38-45(36,37)43-13-7(2-39-44(34,35)42-12)41-19(9(13)22)32-5-28-11-16(32)29-20(24)30-17(11)33/h3-9,12-13,18-19H,1-2H2,(H,34,35)(H,36,37)(H2,23,25,26)(H3,24,29,30,33)/t6-,7-,8-,9-,12-,13-,18-,19-/m1/s1. The van der Waals surface area contributed by atoms with Crippen molar-refractivity contribution in [2.75, 3.05) is 24.7 Å². The third-order valence-electron chi connectivity index (χ3n) is 7.23. The number of imidazole rings is 2. The van der Waals surface area contributed by atoms with Gasteiger partial charge in [0.1, 0.15) is 36.3 Å². The van der Waals surface area contributed by atoms with Gasteiger partial charge in [-0.05, 0) is 0 Å². The number of hydrogen-bond acceptors (Lipinski definition) is 16. The molecule has 3 aliphatic rings. The van der Waals surface area contributed by atoms with E-state index in [-0.39, 0.29) is 34.1 Å². The van der Waals surface area contributed by atoms with Crippen molar-refractivity contribution in [1.29, 1.82) is 0 Å². The molecule has 7 heterocycles. The van der Waals surface area contributed by atoms with E-state index in [0.29, 0.717) is 0 Å². The van der Waals surface area contributed by atoms with Crippen LogP contribution in [0.25, 0.3) is 22.3 Å². The molecule has 0 amide bonds. The van der Waals surface area contributed by atoms with Crippen LogP contribution in [0.15, 0.2) is 23.8 Å². The van der Waals surface area contributed by atoms with Gasteiger partial charge in [0.05, 0.1) is 25.9 Å². The summed E-state index contributed by atoms with van der Waals surface area (Å²) in [5.41, 5.74) is 10.4. The zero-order chi connectivity index (χ0) is 31.8. The van der Waals surface area contributed by atoms with Crippen molar-refractivity contribution in [3.8, 4) is 0 Å². The van der Waals surface area contributed by atoms with Crippen LogP contribution >= 0.6 is 15.6 Å². The summed E-state index contributed by atoms with van der Waals surface area (Å²) in [6.45, 7) is -1.89. The fourth-order valence-corrected chi connectivity index (χ4v) is 7.16. The number of ether oxygens (including phenoxy) is 2. The number of nitrogens with zero attached hydrogens (tertiary/aromatic N) is 7.